The normalized spacial score (nSPS) is 16.2. The molecule has 0 radical (unpaired) electrons. The molecule has 1 amide bonds. The summed E-state index contributed by atoms with van der Waals surface area (Å²) in [6.07, 6.45) is 2.76. The third-order valence-electron chi connectivity index (χ3n) is 5.39. The second-order valence-electron chi connectivity index (χ2n) is 7.57. The number of aromatic nitrogens is 2. The average Bonchev–Trinajstić information content (AvgIpc) is 3.48. The zero-order valence-electron chi connectivity index (χ0n) is 16.8. The van der Waals surface area contributed by atoms with E-state index in [1.807, 2.05) is 33.8 Å². The molecule has 0 bridgehead atoms. The first kappa shape index (κ1) is 19.4. The van der Waals surface area contributed by atoms with Crippen molar-refractivity contribution in [2.75, 3.05) is 27.3 Å². The maximum Gasteiger partial charge on any atom is 0.319 e. The Bertz CT molecular complexity index is 919. The van der Waals surface area contributed by atoms with Crippen LogP contribution >= 0.6 is 0 Å². The number of amides is 1. The summed E-state index contributed by atoms with van der Waals surface area (Å²) >= 11 is 0. The van der Waals surface area contributed by atoms with E-state index < -0.39 is 0 Å². The van der Waals surface area contributed by atoms with E-state index >= 15 is 0 Å². The monoisotopic (exact) mass is 398 g/mol. The molecule has 2 aliphatic rings. The Labute approximate surface area is 169 Å². The Morgan fingerprint density at radius 1 is 1.28 bits per heavy atom. The molecule has 2 heterocycles. The van der Waals surface area contributed by atoms with Crippen molar-refractivity contribution in [1.82, 2.24) is 20.0 Å². The third-order valence-corrected chi connectivity index (χ3v) is 5.39. The van der Waals surface area contributed by atoms with Crippen LogP contribution in [0.3, 0.4) is 0 Å². The largest absolute Gasteiger partial charge is 0.497 e. The molecule has 1 N–H and O–H groups in total. The minimum absolute atomic E-state index is 0.131. The van der Waals surface area contributed by atoms with E-state index in [0.717, 1.165) is 48.4 Å². The highest BCUT2D eigenvalue weighted by Crippen LogP contribution is 2.26. The van der Waals surface area contributed by atoms with E-state index in [1.54, 1.807) is 7.11 Å². The molecule has 1 saturated carbocycles. The molecule has 1 aliphatic carbocycles. The lowest BCUT2D eigenvalue weighted by atomic mass is 10.0. The minimum Gasteiger partial charge on any atom is -0.497 e. The first-order valence-electron chi connectivity index (χ1n) is 9.89. The van der Waals surface area contributed by atoms with Gasteiger partial charge >= 0.3 is 5.97 Å². The highest BCUT2D eigenvalue weighted by Gasteiger charge is 2.31. The average molecular weight is 398 g/mol. The molecule has 8 heteroatoms. The number of hydrogen-bond acceptors (Lipinski definition) is 6. The number of hydrogen-bond donors (Lipinski definition) is 1. The molecule has 0 atom stereocenters. The van der Waals surface area contributed by atoms with Crippen LogP contribution in [0.5, 0.6) is 5.75 Å². The molecule has 8 nitrogen and oxygen atoms in total. The van der Waals surface area contributed by atoms with Gasteiger partial charge in [0.05, 0.1) is 27.3 Å². The number of carbonyl (C=O) groups is 2. The molecular weight excluding hydrogens is 372 g/mol. The van der Waals surface area contributed by atoms with E-state index in [1.165, 1.54) is 7.11 Å². The first-order valence-corrected chi connectivity index (χ1v) is 9.89. The lowest BCUT2D eigenvalue weighted by Gasteiger charge is -2.26. The maximum atomic E-state index is 12.8. The fourth-order valence-electron chi connectivity index (χ4n) is 3.67. The summed E-state index contributed by atoms with van der Waals surface area (Å²) < 4.78 is 12.0. The van der Waals surface area contributed by atoms with Gasteiger partial charge in [-0.25, -0.2) is 0 Å². The van der Waals surface area contributed by atoms with Gasteiger partial charge in [-0.3, -0.25) is 19.2 Å². The van der Waals surface area contributed by atoms with E-state index in [9.17, 15) is 9.59 Å². The van der Waals surface area contributed by atoms with Crippen molar-refractivity contribution in [3.8, 4) is 5.75 Å². The lowest BCUT2D eigenvalue weighted by Crippen LogP contribution is -2.36. The Morgan fingerprint density at radius 2 is 2.10 bits per heavy atom. The van der Waals surface area contributed by atoms with Gasteiger partial charge < -0.3 is 14.8 Å². The summed E-state index contributed by atoms with van der Waals surface area (Å²) in [7, 11) is 3.03. The molecule has 1 aromatic carbocycles. The molecule has 1 aliphatic heterocycles. The molecule has 1 aromatic heterocycles. The smallest absolute Gasteiger partial charge is 0.319 e. The summed E-state index contributed by atoms with van der Waals surface area (Å²) in [5.74, 6) is 0.383. The number of nitrogens with one attached hydrogen (secondary N) is 1. The van der Waals surface area contributed by atoms with Crippen molar-refractivity contribution in [2.24, 2.45) is 0 Å². The summed E-state index contributed by atoms with van der Waals surface area (Å²) in [5.41, 5.74) is 3.47. The summed E-state index contributed by atoms with van der Waals surface area (Å²) in [4.78, 5) is 26.5. The molecule has 154 valence electrons. The van der Waals surface area contributed by atoms with E-state index in [2.05, 4.69) is 10.4 Å². The molecule has 0 unspecified atom stereocenters. The molecule has 4 rings (SSSR count). The first-order chi connectivity index (χ1) is 14.1. The van der Waals surface area contributed by atoms with Gasteiger partial charge in [-0.2, -0.15) is 5.10 Å². The molecule has 0 spiro atoms. The van der Waals surface area contributed by atoms with Gasteiger partial charge in [0, 0.05) is 36.8 Å². The number of nitrogens with zero attached hydrogens (tertiary/aromatic N) is 3. The van der Waals surface area contributed by atoms with Crippen molar-refractivity contribution in [2.45, 2.75) is 38.4 Å². The zero-order valence-corrected chi connectivity index (χ0v) is 16.8. The number of rotatable bonds is 7. The van der Waals surface area contributed by atoms with Crippen molar-refractivity contribution >= 4 is 11.9 Å². The lowest BCUT2D eigenvalue weighted by molar-refractivity contribution is -0.142. The van der Waals surface area contributed by atoms with Crippen LogP contribution in [0.25, 0.3) is 0 Å². The topological polar surface area (TPSA) is 85.7 Å². The standard InChI is InChI=1S/C21H26N4O4/c1-28-16-5-3-4-14(10-16)11-25-18-8-9-24(13-19(26)29-2)12-17(18)20(23-25)21(27)22-15-6-7-15/h3-5,10,15H,6-9,11-13H2,1-2H3,(H,22,27). The Kier molecular flexibility index (Phi) is 5.53. The van der Waals surface area contributed by atoms with Crippen LogP contribution in [0.4, 0.5) is 0 Å². The van der Waals surface area contributed by atoms with Gasteiger partial charge in [0.2, 0.25) is 0 Å². The quantitative estimate of drug-likeness (QED) is 0.709. The molecule has 29 heavy (non-hydrogen) atoms. The van der Waals surface area contributed by atoms with Crippen molar-refractivity contribution in [1.29, 1.82) is 0 Å². The van der Waals surface area contributed by atoms with Gasteiger partial charge in [-0.15, -0.1) is 0 Å². The second-order valence-corrected chi connectivity index (χ2v) is 7.57. The summed E-state index contributed by atoms with van der Waals surface area (Å²) in [6, 6.07) is 8.11. The number of benzene rings is 1. The fraction of sp³-hybridized carbons (Fsp3) is 0.476. The Morgan fingerprint density at radius 3 is 2.83 bits per heavy atom. The molecule has 1 fully saturated rings. The SMILES string of the molecule is COC(=O)CN1CCc2c(c(C(=O)NC3CC3)nn2Cc2cccc(OC)c2)C1. The fourth-order valence-corrected chi connectivity index (χ4v) is 3.67. The van der Waals surface area contributed by atoms with Gasteiger partial charge in [-0.1, -0.05) is 12.1 Å². The van der Waals surface area contributed by atoms with Crippen molar-refractivity contribution in [3.05, 3.63) is 46.8 Å². The molecule has 2 aromatic rings. The number of carbonyl (C=O) groups excluding carboxylic acids is 2. The highest BCUT2D eigenvalue weighted by molar-refractivity contribution is 5.94. The maximum absolute atomic E-state index is 12.8. The number of fused-ring (bicyclic) bond motifs is 1. The molecule has 0 saturated heterocycles. The van der Waals surface area contributed by atoms with Crippen molar-refractivity contribution < 1.29 is 19.1 Å². The van der Waals surface area contributed by atoms with Crippen LogP contribution in [0.1, 0.15) is 40.2 Å². The predicted molar refractivity (Wildman–Crippen MR) is 106 cm³/mol. The van der Waals surface area contributed by atoms with Crippen LogP contribution in [0, 0.1) is 0 Å². The van der Waals surface area contributed by atoms with Crippen LogP contribution in [-0.2, 0) is 29.0 Å². The second kappa shape index (κ2) is 8.24. The van der Waals surface area contributed by atoms with Crippen LogP contribution in [-0.4, -0.2) is 59.9 Å². The van der Waals surface area contributed by atoms with Crippen LogP contribution in [0.2, 0.25) is 0 Å². The van der Waals surface area contributed by atoms with Gasteiger partial charge in [0.15, 0.2) is 5.69 Å². The van der Waals surface area contributed by atoms with Gasteiger partial charge in [0.1, 0.15) is 5.75 Å². The summed E-state index contributed by atoms with van der Waals surface area (Å²) in [6.45, 7) is 2.00. The third kappa shape index (κ3) is 4.42. The van der Waals surface area contributed by atoms with Crippen LogP contribution in [0.15, 0.2) is 24.3 Å². The van der Waals surface area contributed by atoms with E-state index in [0.29, 0.717) is 18.8 Å². The zero-order chi connectivity index (χ0) is 20.4. The number of methoxy groups -OCH3 is 2. The van der Waals surface area contributed by atoms with Crippen LogP contribution < -0.4 is 10.1 Å². The number of esters is 1. The van der Waals surface area contributed by atoms with E-state index in [4.69, 9.17) is 9.47 Å². The Hall–Kier alpha value is -2.87. The van der Waals surface area contributed by atoms with Crippen molar-refractivity contribution in [3.63, 3.8) is 0 Å². The highest BCUT2D eigenvalue weighted by atomic mass is 16.5. The van der Waals surface area contributed by atoms with E-state index in [-0.39, 0.29) is 24.5 Å². The van der Waals surface area contributed by atoms with Gasteiger partial charge in [-0.05, 0) is 30.5 Å². The Balaban J connectivity index is 1.62. The van der Waals surface area contributed by atoms with Gasteiger partial charge in [0.25, 0.3) is 5.91 Å². The number of ether oxygens (including phenoxy) is 2. The molecular formula is C21H26N4O4. The summed E-state index contributed by atoms with van der Waals surface area (Å²) in [5, 5.41) is 7.72. The minimum atomic E-state index is -0.277. The predicted octanol–water partition coefficient (Wildman–Crippen LogP) is 1.36.